The minimum atomic E-state index is -0.775. The van der Waals surface area contributed by atoms with Gasteiger partial charge in [0.2, 0.25) is 0 Å². The Kier molecular flexibility index (Phi) is 7.42. The van der Waals surface area contributed by atoms with E-state index in [1.165, 1.54) is 5.06 Å². The normalized spacial score (nSPS) is 18.4. The second-order valence-corrected chi connectivity index (χ2v) is 11.5. The van der Waals surface area contributed by atoms with Crippen LogP contribution in [0.3, 0.4) is 0 Å². The topological polar surface area (TPSA) is 85.2 Å². The van der Waals surface area contributed by atoms with Crippen molar-refractivity contribution in [2.45, 2.75) is 62.6 Å². The lowest BCUT2D eigenvalue weighted by molar-refractivity contribution is -0.216. The van der Waals surface area contributed by atoms with E-state index in [4.69, 9.17) is 0 Å². The van der Waals surface area contributed by atoms with Crippen LogP contribution in [0.1, 0.15) is 68.5 Å². The molecule has 4 rings (SSSR count). The fourth-order valence-corrected chi connectivity index (χ4v) is 6.41. The Balaban J connectivity index is 1.62. The van der Waals surface area contributed by atoms with Crippen LogP contribution in [-0.4, -0.2) is 28.0 Å². The molecular formula is C29H35N3O3S. The first-order valence-electron chi connectivity index (χ1n) is 12.2. The Morgan fingerprint density at radius 3 is 1.97 bits per heavy atom. The fraction of sp³-hybridized carbons (Fsp3) is 0.379. The summed E-state index contributed by atoms with van der Waals surface area (Å²) in [6.45, 7) is 10.2. The van der Waals surface area contributed by atoms with Crippen molar-refractivity contribution in [1.82, 2.24) is 10.4 Å². The van der Waals surface area contributed by atoms with Crippen molar-refractivity contribution >= 4 is 11.9 Å². The third-order valence-corrected chi connectivity index (χ3v) is 8.81. The molecule has 190 valence electrons. The van der Waals surface area contributed by atoms with Crippen molar-refractivity contribution in [2.24, 2.45) is 4.58 Å². The quantitative estimate of drug-likeness (QED) is 0.236. The average Bonchev–Trinajstić information content (AvgIpc) is 3.03. The van der Waals surface area contributed by atoms with Crippen LogP contribution in [0.2, 0.25) is 0 Å². The van der Waals surface area contributed by atoms with Gasteiger partial charge in [-0.3, -0.25) is 0 Å². The van der Waals surface area contributed by atoms with Gasteiger partial charge in [0.25, 0.3) is 0 Å². The second kappa shape index (κ2) is 10.1. The summed E-state index contributed by atoms with van der Waals surface area (Å²) in [6, 6.07) is 25.4. The molecule has 0 saturated heterocycles. The molecule has 1 aliphatic heterocycles. The van der Waals surface area contributed by atoms with Gasteiger partial charge in [-0.05, 0) is 62.4 Å². The standard InChI is InChI=1S/C29H35N3O3S/c1-20(29(36-31-34,22-12-8-6-9-13-22)23-14-10-7-11-15-23)30-19-26(33)21-16-17-24-25(18-21)28(4,5)32(35)27(24,2)3/h6-18,20,26,30,33,35H,19H2,1-5H3/t20-,26+/m1/s1. The predicted molar refractivity (Wildman–Crippen MR) is 146 cm³/mol. The maximum absolute atomic E-state index is 11.7. The molecule has 0 radical (unpaired) electrons. The molecule has 0 saturated carbocycles. The maximum Gasteiger partial charge on any atom is 0.106 e. The number of nitrogens with one attached hydrogen (secondary N) is 1. The molecule has 1 aliphatic rings. The average molecular weight is 506 g/mol. The van der Waals surface area contributed by atoms with Gasteiger partial charge < -0.3 is 15.6 Å². The molecule has 36 heavy (non-hydrogen) atoms. The first-order chi connectivity index (χ1) is 17.1. The minimum Gasteiger partial charge on any atom is -0.387 e. The van der Waals surface area contributed by atoms with Crippen LogP contribution in [0.5, 0.6) is 0 Å². The van der Waals surface area contributed by atoms with E-state index in [-0.39, 0.29) is 12.6 Å². The molecule has 0 aromatic heterocycles. The molecule has 0 aliphatic carbocycles. The highest BCUT2D eigenvalue weighted by atomic mass is 32.2. The molecule has 0 fully saturated rings. The molecule has 3 aromatic rings. The van der Waals surface area contributed by atoms with Crippen molar-refractivity contribution < 1.29 is 10.3 Å². The molecule has 2 atom stereocenters. The van der Waals surface area contributed by atoms with E-state index in [2.05, 4.69) is 9.90 Å². The number of rotatable bonds is 9. The van der Waals surface area contributed by atoms with Gasteiger partial charge in [0, 0.05) is 29.1 Å². The Hall–Kier alpha value is -2.55. The largest absolute Gasteiger partial charge is 0.387 e. The van der Waals surface area contributed by atoms with E-state index in [0.29, 0.717) is 0 Å². The number of benzene rings is 3. The first-order valence-corrected chi connectivity index (χ1v) is 13.0. The van der Waals surface area contributed by atoms with Crippen molar-refractivity contribution in [2.75, 3.05) is 6.54 Å². The van der Waals surface area contributed by atoms with Crippen LogP contribution in [0, 0.1) is 4.91 Å². The zero-order valence-corrected chi connectivity index (χ0v) is 22.3. The number of hydroxylamine groups is 2. The molecule has 3 N–H and O–H groups in total. The van der Waals surface area contributed by atoms with Gasteiger partial charge in [0.1, 0.15) is 4.75 Å². The predicted octanol–water partition coefficient (Wildman–Crippen LogP) is 6.23. The number of nitrogens with zero attached hydrogens (tertiary/aromatic N) is 2. The SMILES string of the molecule is C[C@@H](NC[C@H](O)c1ccc2c(c1)C(C)(C)N(O)C2(C)C)C(SN=O)(c1ccccc1)c1ccccc1. The zero-order valence-electron chi connectivity index (χ0n) is 21.5. The van der Waals surface area contributed by atoms with Crippen LogP contribution in [-0.2, 0) is 15.8 Å². The van der Waals surface area contributed by atoms with Crippen LogP contribution in [0.25, 0.3) is 0 Å². The van der Waals surface area contributed by atoms with Gasteiger partial charge in [0.15, 0.2) is 0 Å². The molecule has 0 unspecified atom stereocenters. The summed E-state index contributed by atoms with van der Waals surface area (Å²) < 4.78 is 2.51. The molecule has 3 aromatic carbocycles. The summed E-state index contributed by atoms with van der Waals surface area (Å²) in [7, 11) is 0. The molecule has 6 nitrogen and oxygen atoms in total. The number of aliphatic hydroxyl groups is 1. The lowest BCUT2D eigenvalue weighted by Crippen LogP contribution is -2.46. The summed E-state index contributed by atoms with van der Waals surface area (Å²) >= 11 is 0.994. The van der Waals surface area contributed by atoms with Crippen LogP contribution >= 0.6 is 11.9 Å². The van der Waals surface area contributed by atoms with E-state index in [1.807, 2.05) is 113 Å². The van der Waals surface area contributed by atoms with Crippen molar-refractivity contribution in [3.05, 3.63) is 112 Å². The first kappa shape index (κ1) is 26.5. The Labute approximate surface area is 217 Å². The summed E-state index contributed by atoms with van der Waals surface area (Å²) in [5.41, 5.74) is 3.66. The van der Waals surface area contributed by atoms with Gasteiger partial charge >= 0.3 is 0 Å². The van der Waals surface area contributed by atoms with Crippen molar-refractivity contribution in [1.29, 1.82) is 0 Å². The van der Waals surface area contributed by atoms with E-state index in [9.17, 15) is 15.2 Å². The van der Waals surface area contributed by atoms with Gasteiger partial charge in [-0.1, -0.05) is 78.9 Å². The number of hydrogen-bond donors (Lipinski definition) is 3. The van der Waals surface area contributed by atoms with Crippen LogP contribution in [0.4, 0.5) is 0 Å². The second-order valence-electron chi connectivity index (χ2n) is 10.5. The van der Waals surface area contributed by atoms with Crippen LogP contribution < -0.4 is 5.32 Å². The highest BCUT2D eigenvalue weighted by Gasteiger charge is 2.49. The zero-order chi connectivity index (χ0) is 26.1. The fourth-order valence-electron chi connectivity index (χ4n) is 5.57. The van der Waals surface area contributed by atoms with Gasteiger partial charge in [-0.2, -0.15) is 5.06 Å². The monoisotopic (exact) mass is 505 g/mol. The van der Waals surface area contributed by atoms with Gasteiger partial charge in [0.05, 0.1) is 17.2 Å². The van der Waals surface area contributed by atoms with Gasteiger partial charge in [-0.15, -0.1) is 4.91 Å². The summed E-state index contributed by atoms with van der Waals surface area (Å²) in [5.74, 6) is 0. The van der Waals surface area contributed by atoms with E-state index >= 15 is 0 Å². The minimum absolute atomic E-state index is 0.239. The Bertz CT molecular complexity index is 1160. The van der Waals surface area contributed by atoms with E-state index in [1.54, 1.807) is 0 Å². The maximum atomic E-state index is 11.7. The number of nitroso groups, excluding NO2 is 1. The van der Waals surface area contributed by atoms with Crippen molar-refractivity contribution in [3.8, 4) is 0 Å². The molecule has 7 heteroatoms. The smallest absolute Gasteiger partial charge is 0.106 e. The van der Waals surface area contributed by atoms with Crippen LogP contribution in [0.15, 0.2) is 83.4 Å². The number of hydrogen-bond acceptors (Lipinski definition) is 7. The number of fused-ring (bicyclic) bond motifs is 1. The Morgan fingerprint density at radius 2 is 1.44 bits per heavy atom. The molecule has 0 spiro atoms. The third kappa shape index (κ3) is 4.40. The number of aliphatic hydroxyl groups excluding tert-OH is 1. The third-order valence-electron chi connectivity index (χ3n) is 7.62. The van der Waals surface area contributed by atoms with Crippen molar-refractivity contribution in [3.63, 3.8) is 0 Å². The summed E-state index contributed by atoms with van der Waals surface area (Å²) in [5, 5.41) is 26.8. The molecule has 0 amide bonds. The highest BCUT2D eigenvalue weighted by Crippen LogP contribution is 2.49. The summed E-state index contributed by atoms with van der Waals surface area (Å²) in [6.07, 6.45) is -0.775. The van der Waals surface area contributed by atoms with E-state index < -0.39 is 21.9 Å². The molecule has 1 heterocycles. The molecule has 0 bridgehead atoms. The van der Waals surface area contributed by atoms with Gasteiger partial charge in [-0.25, -0.2) is 0 Å². The molecular weight excluding hydrogens is 470 g/mol. The van der Waals surface area contributed by atoms with E-state index in [0.717, 1.165) is 39.8 Å². The lowest BCUT2D eigenvalue weighted by Gasteiger charge is -2.38. The highest BCUT2D eigenvalue weighted by molar-refractivity contribution is 7.99. The lowest BCUT2D eigenvalue weighted by atomic mass is 9.84. The summed E-state index contributed by atoms with van der Waals surface area (Å²) in [4.78, 5) is 11.7. The Morgan fingerprint density at radius 1 is 0.917 bits per heavy atom.